The van der Waals surface area contributed by atoms with E-state index in [0.717, 1.165) is 97.7 Å². The number of benzene rings is 12. The summed E-state index contributed by atoms with van der Waals surface area (Å²) in [5, 5.41) is 13.2. The second kappa shape index (κ2) is 16.1. The minimum atomic E-state index is -0.842. The molecule has 0 aliphatic carbocycles. The number of hydrogen-bond donors (Lipinski definition) is 0. The van der Waals surface area contributed by atoms with Crippen LogP contribution in [0.2, 0.25) is 0 Å². The molecule has 6 heteroatoms. The van der Waals surface area contributed by atoms with Crippen LogP contribution in [-0.2, 0) is 13.7 Å². The van der Waals surface area contributed by atoms with E-state index >= 15 is 0 Å². The molecule has 0 N–H and O–H groups in total. The van der Waals surface area contributed by atoms with Gasteiger partial charge in [-0.15, -0.1) is 0 Å². The SMILES string of the molecule is c1ccc(-c2c3ccccc3c(B3OB(c4c5ccccc5c(-c5ccccc5)c5ccccc45)OB(c4c5ccccc5c(-c5ccccc5)c5ccccc45)O3)c3ccccc23)cc1. The molecular formula is C60H39B3O3. The Bertz CT molecular complexity index is 3250. The average Bonchev–Trinajstić information content (AvgIpc) is 3.39. The lowest BCUT2D eigenvalue weighted by Crippen LogP contribution is -2.62. The van der Waals surface area contributed by atoms with Gasteiger partial charge >= 0.3 is 21.4 Å². The van der Waals surface area contributed by atoms with Gasteiger partial charge in [0.2, 0.25) is 0 Å². The molecule has 1 aliphatic heterocycles. The van der Waals surface area contributed by atoms with Gasteiger partial charge in [-0.1, -0.05) is 237 Å². The van der Waals surface area contributed by atoms with Crippen LogP contribution < -0.4 is 16.4 Å². The molecule has 0 aromatic heterocycles. The number of fused-ring (bicyclic) bond motifs is 6. The lowest BCUT2D eigenvalue weighted by Gasteiger charge is -2.35. The smallest absolute Gasteiger partial charge is 0.445 e. The first kappa shape index (κ1) is 38.7. The van der Waals surface area contributed by atoms with E-state index in [4.69, 9.17) is 13.7 Å². The van der Waals surface area contributed by atoms with Crippen LogP contribution in [0, 0.1) is 0 Å². The molecule has 306 valence electrons. The maximum Gasteiger partial charge on any atom is 0.468 e. The molecule has 0 unspecified atom stereocenters. The summed E-state index contributed by atoms with van der Waals surface area (Å²) in [6, 6.07) is 84.3. The summed E-state index contributed by atoms with van der Waals surface area (Å²) in [6.07, 6.45) is 0. The van der Waals surface area contributed by atoms with Gasteiger partial charge in [-0.05, 0) is 114 Å². The lowest BCUT2D eigenvalue weighted by molar-refractivity contribution is 0.310. The van der Waals surface area contributed by atoms with Crippen molar-refractivity contribution in [2.24, 2.45) is 0 Å². The predicted octanol–water partition coefficient (Wildman–Crippen LogP) is 13.2. The third-order valence-electron chi connectivity index (χ3n) is 13.6. The van der Waals surface area contributed by atoms with Crippen LogP contribution in [0.3, 0.4) is 0 Å². The van der Waals surface area contributed by atoms with E-state index in [1.54, 1.807) is 0 Å². The zero-order valence-corrected chi connectivity index (χ0v) is 36.0. The molecule has 12 aromatic carbocycles. The summed E-state index contributed by atoms with van der Waals surface area (Å²) in [5.41, 5.74) is 9.97. The van der Waals surface area contributed by atoms with Crippen LogP contribution in [0.1, 0.15) is 0 Å². The Kier molecular flexibility index (Phi) is 9.42. The molecule has 66 heavy (non-hydrogen) atoms. The van der Waals surface area contributed by atoms with E-state index in [1.165, 1.54) is 16.7 Å². The van der Waals surface area contributed by atoms with Gasteiger partial charge < -0.3 is 13.7 Å². The van der Waals surface area contributed by atoms with Gasteiger partial charge in [0.25, 0.3) is 0 Å². The second-order valence-electron chi connectivity index (χ2n) is 17.1. The molecule has 0 amide bonds. The van der Waals surface area contributed by atoms with E-state index < -0.39 is 21.4 Å². The van der Waals surface area contributed by atoms with Crippen LogP contribution in [-0.4, -0.2) is 21.4 Å². The molecule has 0 radical (unpaired) electrons. The zero-order chi connectivity index (χ0) is 43.6. The van der Waals surface area contributed by atoms with Gasteiger partial charge in [0, 0.05) is 0 Å². The van der Waals surface area contributed by atoms with E-state index in [0.29, 0.717) is 0 Å². The van der Waals surface area contributed by atoms with Gasteiger partial charge in [0.05, 0.1) is 0 Å². The molecule has 12 aromatic rings. The topological polar surface area (TPSA) is 27.7 Å². The fraction of sp³-hybridized carbons (Fsp3) is 0. The van der Waals surface area contributed by atoms with Crippen LogP contribution >= 0.6 is 0 Å². The fourth-order valence-electron chi connectivity index (χ4n) is 10.8. The van der Waals surface area contributed by atoms with Crippen molar-refractivity contribution in [1.29, 1.82) is 0 Å². The van der Waals surface area contributed by atoms with Gasteiger partial charge in [0.15, 0.2) is 0 Å². The Morgan fingerprint density at radius 1 is 0.182 bits per heavy atom. The van der Waals surface area contributed by atoms with Gasteiger partial charge in [-0.3, -0.25) is 0 Å². The molecule has 0 spiro atoms. The Balaban J connectivity index is 1.11. The minimum Gasteiger partial charge on any atom is -0.445 e. The van der Waals surface area contributed by atoms with Crippen molar-refractivity contribution in [3.63, 3.8) is 0 Å². The third-order valence-corrected chi connectivity index (χ3v) is 13.6. The highest BCUT2D eigenvalue weighted by atomic mass is 16.7. The summed E-state index contributed by atoms with van der Waals surface area (Å²) >= 11 is 0. The summed E-state index contributed by atoms with van der Waals surface area (Å²) in [6.45, 7) is 0. The fourth-order valence-corrected chi connectivity index (χ4v) is 10.8. The highest BCUT2D eigenvalue weighted by molar-refractivity contribution is 6.91. The Labute approximate surface area is 384 Å². The summed E-state index contributed by atoms with van der Waals surface area (Å²) in [7, 11) is -2.52. The van der Waals surface area contributed by atoms with Gasteiger partial charge in [0.1, 0.15) is 0 Å². The molecule has 0 atom stereocenters. The molecule has 1 saturated heterocycles. The van der Waals surface area contributed by atoms with E-state index in [2.05, 4.69) is 237 Å². The highest BCUT2D eigenvalue weighted by Gasteiger charge is 2.47. The first-order chi connectivity index (χ1) is 32.8. The summed E-state index contributed by atoms with van der Waals surface area (Å²) in [5.74, 6) is 0. The van der Waals surface area contributed by atoms with Crippen LogP contribution in [0.5, 0.6) is 0 Å². The molecule has 0 bridgehead atoms. The van der Waals surface area contributed by atoms with E-state index in [-0.39, 0.29) is 0 Å². The molecule has 1 heterocycles. The van der Waals surface area contributed by atoms with Crippen LogP contribution in [0.4, 0.5) is 0 Å². The maximum atomic E-state index is 7.51. The Hall–Kier alpha value is -7.73. The molecule has 1 fully saturated rings. The normalized spacial score (nSPS) is 13.2. The van der Waals surface area contributed by atoms with E-state index in [1.807, 2.05) is 0 Å². The van der Waals surface area contributed by atoms with Gasteiger partial charge in [-0.25, -0.2) is 0 Å². The standard InChI is InChI=1S/C60H39B3O3/c1-4-22-40(23-5-1)55-43-28-10-16-34-49(43)58(50-35-17-11-29-44(50)55)61-64-62(59-51-36-18-12-30-45(51)56(41-24-6-2-7-25-41)46-31-13-19-37-52(46)59)66-63(65-61)60-53-38-20-14-32-47(53)57(42-26-8-3-9-27-42)48-33-15-21-39-54(48)60/h1-39H. The number of hydrogen-bond acceptors (Lipinski definition) is 3. The van der Waals surface area contributed by atoms with Crippen molar-refractivity contribution in [1.82, 2.24) is 0 Å². The van der Waals surface area contributed by atoms with Crippen molar-refractivity contribution >= 4 is 102 Å². The average molecular weight is 840 g/mol. The molecule has 13 rings (SSSR count). The number of rotatable bonds is 6. The van der Waals surface area contributed by atoms with Crippen molar-refractivity contribution < 1.29 is 13.7 Å². The van der Waals surface area contributed by atoms with Crippen LogP contribution in [0.25, 0.3) is 98.0 Å². The van der Waals surface area contributed by atoms with Crippen molar-refractivity contribution in [2.75, 3.05) is 0 Å². The van der Waals surface area contributed by atoms with Crippen molar-refractivity contribution in [2.45, 2.75) is 0 Å². The quantitative estimate of drug-likeness (QED) is 0.123. The molecular weight excluding hydrogens is 801 g/mol. The second-order valence-corrected chi connectivity index (χ2v) is 17.1. The highest BCUT2D eigenvalue weighted by Crippen LogP contribution is 2.40. The van der Waals surface area contributed by atoms with Crippen molar-refractivity contribution in [3.05, 3.63) is 237 Å². The summed E-state index contributed by atoms with van der Waals surface area (Å²) in [4.78, 5) is 0. The van der Waals surface area contributed by atoms with Crippen molar-refractivity contribution in [3.8, 4) is 33.4 Å². The lowest BCUT2D eigenvalue weighted by atomic mass is 9.57. The molecule has 3 nitrogen and oxygen atoms in total. The molecule has 1 aliphatic rings. The van der Waals surface area contributed by atoms with Crippen LogP contribution in [0.15, 0.2) is 237 Å². The Morgan fingerprint density at radius 3 is 0.545 bits per heavy atom. The largest absolute Gasteiger partial charge is 0.468 e. The monoisotopic (exact) mass is 840 g/mol. The predicted molar refractivity (Wildman–Crippen MR) is 280 cm³/mol. The maximum absolute atomic E-state index is 7.51. The first-order valence-corrected chi connectivity index (χ1v) is 22.7. The first-order valence-electron chi connectivity index (χ1n) is 22.7. The van der Waals surface area contributed by atoms with E-state index in [9.17, 15) is 0 Å². The minimum absolute atomic E-state index is 0.842. The Morgan fingerprint density at radius 2 is 0.348 bits per heavy atom. The summed E-state index contributed by atoms with van der Waals surface area (Å²) < 4.78 is 22.5. The third kappa shape index (κ3) is 6.22. The molecule has 0 saturated carbocycles. The zero-order valence-electron chi connectivity index (χ0n) is 36.0. The van der Waals surface area contributed by atoms with Gasteiger partial charge in [-0.2, -0.15) is 0 Å².